The minimum absolute atomic E-state index is 0.879. The summed E-state index contributed by atoms with van der Waals surface area (Å²) in [6, 6.07) is 0. The van der Waals surface area contributed by atoms with Gasteiger partial charge in [0, 0.05) is 0 Å². The number of rotatable bonds is 3. The molecule has 0 aromatic heterocycles. The van der Waals surface area contributed by atoms with E-state index in [1.165, 1.54) is 17.5 Å². The quantitative estimate of drug-likeness (QED) is 0.309. The fourth-order valence-corrected chi connectivity index (χ4v) is 1.85. The highest BCUT2D eigenvalue weighted by atomic mass is 35.7. The normalized spacial score (nSPS) is 12.6. The van der Waals surface area contributed by atoms with Crippen LogP contribution in [0, 0.1) is 10.2 Å². The second-order valence-electron chi connectivity index (χ2n) is 3.65. The summed E-state index contributed by atoms with van der Waals surface area (Å²) in [5, 5.41) is 0. The van der Waals surface area contributed by atoms with Crippen LogP contribution < -0.4 is 18.6 Å². The molecule has 0 atom stereocenters. The van der Waals surface area contributed by atoms with Crippen molar-refractivity contribution in [2.45, 2.75) is 19.6 Å². The Morgan fingerprint density at radius 1 is 1.14 bits per heavy atom. The average molecular weight is 261 g/mol. The Balaban J connectivity index is 0. The van der Waals surface area contributed by atoms with Crippen LogP contribution in [0.1, 0.15) is 0 Å². The number of thiol groups is 1. The lowest BCUT2D eigenvalue weighted by molar-refractivity contribution is -2.00. The van der Waals surface area contributed by atoms with Crippen molar-refractivity contribution in [1.29, 1.82) is 0 Å². The van der Waals surface area contributed by atoms with Crippen molar-refractivity contribution in [1.82, 2.24) is 0 Å². The summed E-state index contributed by atoms with van der Waals surface area (Å²) in [4.78, 5) is 0. The third-order valence-electron chi connectivity index (χ3n) is 0.906. The van der Waals surface area contributed by atoms with E-state index in [-0.39, 0.29) is 0 Å². The van der Waals surface area contributed by atoms with Gasteiger partial charge in [-0.05, 0) is 17.8 Å². The van der Waals surface area contributed by atoms with Crippen LogP contribution in [0.3, 0.4) is 0 Å². The van der Waals surface area contributed by atoms with Gasteiger partial charge in [0.2, 0.25) is 0 Å². The van der Waals surface area contributed by atoms with Crippen LogP contribution in [-0.2, 0) is 11.8 Å². The second-order valence-corrected chi connectivity index (χ2v) is 10.5. The van der Waals surface area contributed by atoms with Gasteiger partial charge < -0.3 is 0 Å². The zero-order valence-electron chi connectivity index (χ0n) is 8.82. The summed E-state index contributed by atoms with van der Waals surface area (Å²) in [7, 11) is -5.82. The zero-order valence-corrected chi connectivity index (χ0v) is 11.5. The van der Waals surface area contributed by atoms with Crippen molar-refractivity contribution < 1.29 is 28.9 Å². The largest absolute Gasteiger partial charge is 0.222 e. The molecule has 7 heteroatoms. The molecule has 0 aromatic rings. The maximum absolute atomic E-state index is 8.49. The second kappa shape index (κ2) is 7.69. The van der Waals surface area contributed by atoms with Crippen LogP contribution >= 0.6 is 0 Å². The van der Waals surface area contributed by atoms with E-state index in [1.54, 1.807) is 0 Å². The highest BCUT2D eigenvalue weighted by Gasteiger charge is 2.05. The maximum Gasteiger partial charge on any atom is 0.123 e. The zero-order chi connectivity index (χ0) is 11.8. The highest BCUT2D eigenvalue weighted by Crippen LogP contribution is 2.00. The van der Waals surface area contributed by atoms with Crippen LogP contribution in [0.25, 0.3) is 0 Å². The third kappa shape index (κ3) is 39.3. The standard InChI is InChI=1S/C7H16SSi.ClHO4/c1-8-6-5-7-9(2,3)4;2-1(3,4)5/h5,7H,6H2,1-4H3;(H,2,3,4,5)/b7-5+;. The molecule has 86 valence electrons. The first-order valence-electron chi connectivity index (χ1n) is 3.91. The van der Waals surface area contributed by atoms with Gasteiger partial charge in [-0.25, -0.2) is 18.6 Å². The fraction of sp³-hybridized carbons (Fsp3) is 0.714. The van der Waals surface area contributed by atoms with Gasteiger partial charge >= 0.3 is 0 Å². The predicted octanol–water partition coefficient (Wildman–Crippen LogP) is -2.89. The Morgan fingerprint density at radius 3 is 1.71 bits per heavy atom. The van der Waals surface area contributed by atoms with E-state index in [0.717, 1.165) is 0 Å². The molecule has 0 spiro atoms. The van der Waals surface area contributed by atoms with E-state index in [1.807, 2.05) is 0 Å². The fourth-order valence-electron chi connectivity index (χ4n) is 0.512. The van der Waals surface area contributed by atoms with Crippen LogP contribution in [0.5, 0.6) is 0 Å². The molecule has 0 bridgehead atoms. The smallest absolute Gasteiger partial charge is 0.123 e. The molecule has 0 aliphatic heterocycles. The first kappa shape index (κ1) is 16.9. The van der Waals surface area contributed by atoms with Gasteiger partial charge in [-0.1, -0.05) is 25.3 Å². The monoisotopic (exact) mass is 260 g/mol. The topological polar surface area (TPSA) is 92.2 Å². The maximum atomic E-state index is 8.49. The van der Waals surface area contributed by atoms with Crippen molar-refractivity contribution in [2.24, 2.45) is 0 Å². The first-order valence-corrected chi connectivity index (χ1v) is 10.2. The lowest BCUT2D eigenvalue weighted by Gasteiger charge is -2.17. The lowest BCUT2D eigenvalue weighted by atomic mass is 10.8. The Bertz CT molecular complexity index is 158. The Hall–Kier alpha value is 0.437. The summed E-state index contributed by atoms with van der Waals surface area (Å²) >= 11 is 1.48. The minimum Gasteiger partial charge on any atom is -0.222 e. The summed E-state index contributed by atoms with van der Waals surface area (Å²) in [5.74, 6) is 1.23. The molecule has 0 amide bonds. The van der Waals surface area contributed by atoms with E-state index in [9.17, 15) is 0 Å². The predicted molar refractivity (Wildman–Crippen MR) is 52.0 cm³/mol. The van der Waals surface area contributed by atoms with Crippen LogP contribution in [0.15, 0.2) is 11.8 Å². The lowest BCUT2D eigenvalue weighted by Crippen LogP contribution is -2.68. The molecule has 0 unspecified atom stereocenters. The van der Waals surface area contributed by atoms with Crippen molar-refractivity contribution in [2.75, 3.05) is 12.0 Å². The Morgan fingerprint density at radius 2 is 1.50 bits per heavy atom. The van der Waals surface area contributed by atoms with Crippen molar-refractivity contribution in [3.8, 4) is 0 Å². The highest BCUT2D eigenvalue weighted by molar-refractivity contribution is 7.77. The van der Waals surface area contributed by atoms with Gasteiger partial charge in [0.1, 0.15) is 5.75 Å². The first-order chi connectivity index (χ1) is 6.06. The van der Waals surface area contributed by atoms with Crippen LogP contribution in [0.4, 0.5) is 0 Å². The molecule has 4 nitrogen and oxygen atoms in total. The van der Waals surface area contributed by atoms with E-state index >= 15 is 0 Å². The van der Waals surface area contributed by atoms with Crippen molar-refractivity contribution in [3.63, 3.8) is 0 Å². The third-order valence-corrected chi connectivity index (χ3v) is 2.72. The Labute approximate surface area is 92.4 Å². The van der Waals surface area contributed by atoms with Crippen LogP contribution in [-0.4, -0.2) is 20.1 Å². The van der Waals surface area contributed by atoms with E-state index in [2.05, 4.69) is 37.7 Å². The minimum atomic E-state index is -4.94. The van der Waals surface area contributed by atoms with Gasteiger partial charge in [0.15, 0.2) is 0 Å². The van der Waals surface area contributed by atoms with Crippen LogP contribution in [0.2, 0.25) is 19.6 Å². The molecule has 14 heavy (non-hydrogen) atoms. The molecule has 0 saturated carbocycles. The van der Waals surface area contributed by atoms with Gasteiger partial charge in [-0.15, -0.1) is 10.2 Å². The van der Waals surface area contributed by atoms with Gasteiger partial charge in [-0.2, -0.15) is 0 Å². The molecule has 0 aliphatic carbocycles. The van der Waals surface area contributed by atoms with Crippen molar-refractivity contribution >= 4 is 19.8 Å². The number of halogens is 1. The van der Waals surface area contributed by atoms with E-state index < -0.39 is 18.3 Å². The van der Waals surface area contributed by atoms with E-state index in [0.29, 0.717) is 0 Å². The molecule has 0 fully saturated rings. The number of hydrogen-bond acceptors (Lipinski definition) is 4. The van der Waals surface area contributed by atoms with E-state index in [4.69, 9.17) is 18.6 Å². The summed E-state index contributed by atoms with van der Waals surface area (Å²) in [6.07, 6.45) is 4.50. The van der Waals surface area contributed by atoms with Gasteiger partial charge in [0.25, 0.3) is 0 Å². The average Bonchev–Trinajstić information content (AvgIpc) is 1.80. The molecule has 0 radical (unpaired) electrons. The SMILES string of the molecule is C[SH+]C/C=C/[Si](C)(C)C.[O-][Cl+3]([O-])([O-])[O-]. The molecule has 0 rings (SSSR count). The number of hydrogen-bond donors (Lipinski definition) is 0. The van der Waals surface area contributed by atoms with Gasteiger partial charge in [-0.3, -0.25) is 0 Å². The van der Waals surface area contributed by atoms with Gasteiger partial charge in [0.05, 0.1) is 14.3 Å². The Kier molecular flexibility index (Phi) is 9.26. The molecular weight excluding hydrogens is 244 g/mol. The molecule has 0 N–H and O–H groups in total. The summed E-state index contributed by atoms with van der Waals surface area (Å²) < 4.78 is 34.0. The summed E-state index contributed by atoms with van der Waals surface area (Å²) in [6.45, 7) is 7.07. The molecular formula is C7H17ClO4SSi. The summed E-state index contributed by atoms with van der Waals surface area (Å²) in [5.41, 5.74) is 2.41. The molecule has 0 aromatic carbocycles. The molecule has 0 saturated heterocycles. The molecule has 0 aliphatic rings. The molecule has 0 heterocycles. The van der Waals surface area contributed by atoms with Crippen molar-refractivity contribution in [3.05, 3.63) is 11.8 Å².